The Morgan fingerprint density at radius 2 is 1.75 bits per heavy atom. The molecule has 3 aliphatic rings. The third kappa shape index (κ3) is 1.02. The van der Waals surface area contributed by atoms with Gasteiger partial charge in [-0.3, -0.25) is 0 Å². The monoisotopic (exact) mass is 218 g/mol. The molecule has 2 heterocycles. The van der Waals surface area contributed by atoms with Crippen LogP contribution in [0.4, 0.5) is 0 Å². The Kier molecular flexibility index (Phi) is 1.71. The van der Waals surface area contributed by atoms with Crippen molar-refractivity contribution in [2.45, 2.75) is 52.1 Å². The average Bonchev–Trinajstić information content (AvgIpc) is 2.21. The van der Waals surface area contributed by atoms with E-state index in [1.807, 2.05) is 20.8 Å². The molecule has 86 valence electrons. The van der Waals surface area contributed by atoms with Crippen LogP contribution in [0.15, 0.2) is 0 Å². The Hall–Kier alpha value is -1.18. The van der Waals surface area contributed by atoms with Gasteiger partial charge in [0.05, 0.1) is 0 Å². The smallest absolute Gasteiger partial charge is 0.127 e. The van der Waals surface area contributed by atoms with Gasteiger partial charge in [0.2, 0.25) is 0 Å². The molecular weight excluding hydrogens is 200 g/mol. The zero-order valence-electron chi connectivity index (χ0n) is 10.3. The highest BCUT2D eigenvalue weighted by Gasteiger charge is 2.50. The van der Waals surface area contributed by atoms with Crippen LogP contribution in [0, 0.1) is 20.8 Å². The summed E-state index contributed by atoms with van der Waals surface area (Å²) in [7, 11) is 0. The van der Waals surface area contributed by atoms with Crippen molar-refractivity contribution in [2.75, 3.05) is 0 Å². The van der Waals surface area contributed by atoms with Gasteiger partial charge in [0.1, 0.15) is 17.1 Å². The number of phenols is 1. The third-order valence-corrected chi connectivity index (χ3v) is 4.38. The summed E-state index contributed by atoms with van der Waals surface area (Å²) in [5.74, 6) is 2.09. The molecule has 2 aliphatic heterocycles. The molecule has 16 heavy (non-hydrogen) atoms. The van der Waals surface area contributed by atoms with Crippen molar-refractivity contribution >= 4 is 0 Å². The molecule has 2 heteroatoms. The largest absolute Gasteiger partial charge is 0.507 e. The number of rotatable bonds is 0. The summed E-state index contributed by atoms with van der Waals surface area (Å²) in [5.41, 5.74) is 4.39. The summed E-state index contributed by atoms with van der Waals surface area (Å²) < 4.78 is 6.12. The van der Waals surface area contributed by atoms with Crippen molar-refractivity contribution in [3.63, 3.8) is 0 Å². The van der Waals surface area contributed by atoms with E-state index in [1.165, 1.54) is 5.56 Å². The second kappa shape index (κ2) is 2.73. The van der Waals surface area contributed by atoms with E-state index in [0.29, 0.717) is 11.7 Å². The molecule has 1 aromatic carbocycles. The molecule has 0 aromatic heterocycles. The van der Waals surface area contributed by atoms with E-state index < -0.39 is 0 Å². The first kappa shape index (κ1) is 10.0. The molecule has 0 unspecified atom stereocenters. The molecule has 0 atom stereocenters. The van der Waals surface area contributed by atoms with Gasteiger partial charge in [0.15, 0.2) is 0 Å². The van der Waals surface area contributed by atoms with Crippen LogP contribution in [0.25, 0.3) is 0 Å². The second-order valence-electron chi connectivity index (χ2n) is 5.62. The van der Waals surface area contributed by atoms with E-state index in [9.17, 15) is 5.11 Å². The zero-order valence-corrected chi connectivity index (χ0v) is 10.3. The fourth-order valence-corrected chi connectivity index (χ4v) is 3.27. The lowest BCUT2D eigenvalue weighted by Crippen LogP contribution is -2.49. The van der Waals surface area contributed by atoms with Crippen molar-refractivity contribution in [3.8, 4) is 11.5 Å². The van der Waals surface area contributed by atoms with Crippen LogP contribution < -0.4 is 4.74 Å². The highest BCUT2D eigenvalue weighted by molar-refractivity contribution is 5.61. The standard InChI is InChI=1S/C14H18O2/c1-7-8(2)13-11(9(3)12(7)15)10-5-14(4,6-10)16-13/h10,15H,5-6H2,1-4H3. The third-order valence-electron chi connectivity index (χ3n) is 4.38. The maximum atomic E-state index is 10.1. The van der Waals surface area contributed by atoms with Gasteiger partial charge in [-0.15, -0.1) is 0 Å². The molecule has 4 rings (SSSR count). The van der Waals surface area contributed by atoms with Crippen LogP contribution >= 0.6 is 0 Å². The number of hydrogen-bond donors (Lipinski definition) is 1. The maximum Gasteiger partial charge on any atom is 0.127 e. The van der Waals surface area contributed by atoms with Gasteiger partial charge in [0, 0.05) is 5.56 Å². The summed E-state index contributed by atoms with van der Waals surface area (Å²) >= 11 is 0. The number of phenolic OH excluding ortho intramolecular Hbond substituents is 1. The van der Waals surface area contributed by atoms with Crippen LogP contribution in [-0.2, 0) is 0 Å². The van der Waals surface area contributed by atoms with Gasteiger partial charge < -0.3 is 9.84 Å². The summed E-state index contributed by atoms with van der Waals surface area (Å²) in [6.45, 7) is 8.19. The molecule has 1 fully saturated rings. The maximum absolute atomic E-state index is 10.1. The van der Waals surface area contributed by atoms with Gasteiger partial charge in [-0.25, -0.2) is 0 Å². The SMILES string of the molecule is Cc1c(C)c2c(c(C)c1O)C1CC(C)(C1)O2. The number of aromatic hydroxyl groups is 1. The van der Waals surface area contributed by atoms with Crippen LogP contribution in [0.1, 0.15) is 47.9 Å². The van der Waals surface area contributed by atoms with Crippen molar-refractivity contribution in [2.24, 2.45) is 0 Å². The Labute approximate surface area is 96.2 Å². The number of benzene rings is 1. The average molecular weight is 218 g/mol. The molecule has 2 nitrogen and oxygen atoms in total. The Morgan fingerprint density at radius 3 is 2.38 bits per heavy atom. The van der Waals surface area contributed by atoms with Crippen LogP contribution in [0.3, 0.4) is 0 Å². The van der Waals surface area contributed by atoms with Gasteiger partial charge in [-0.2, -0.15) is 0 Å². The fraction of sp³-hybridized carbons (Fsp3) is 0.571. The van der Waals surface area contributed by atoms with Crippen LogP contribution in [0.2, 0.25) is 0 Å². The van der Waals surface area contributed by atoms with E-state index >= 15 is 0 Å². The van der Waals surface area contributed by atoms with Crippen molar-refractivity contribution in [1.29, 1.82) is 0 Å². The van der Waals surface area contributed by atoms with E-state index in [1.54, 1.807) is 0 Å². The summed E-state index contributed by atoms with van der Waals surface area (Å²) in [6.07, 6.45) is 2.20. The Balaban J connectivity index is 2.28. The Morgan fingerprint density at radius 1 is 1.12 bits per heavy atom. The molecule has 1 N–H and O–H groups in total. The predicted molar refractivity (Wildman–Crippen MR) is 63.3 cm³/mol. The van der Waals surface area contributed by atoms with Gasteiger partial charge in [-0.05, 0) is 63.1 Å². The summed E-state index contributed by atoms with van der Waals surface area (Å²) in [6, 6.07) is 0. The van der Waals surface area contributed by atoms with Gasteiger partial charge in [0.25, 0.3) is 0 Å². The van der Waals surface area contributed by atoms with Crippen LogP contribution in [0.5, 0.6) is 11.5 Å². The van der Waals surface area contributed by atoms with Crippen molar-refractivity contribution in [1.82, 2.24) is 0 Å². The molecule has 1 aromatic rings. The van der Waals surface area contributed by atoms with E-state index in [-0.39, 0.29) is 5.60 Å². The molecule has 0 radical (unpaired) electrons. The minimum atomic E-state index is 0.0538. The highest BCUT2D eigenvalue weighted by Crippen LogP contribution is 2.58. The minimum Gasteiger partial charge on any atom is -0.507 e. The van der Waals surface area contributed by atoms with E-state index in [4.69, 9.17) is 4.74 Å². The van der Waals surface area contributed by atoms with Crippen LogP contribution in [-0.4, -0.2) is 10.7 Å². The lowest BCUT2D eigenvalue weighted by Gasteiger charge is -2.52. The topological polar surface area (TPSA) is 29.5 Å². The normalized spacial score (nSPS) is 30.4. The molecular formula is C14H18O2. The van der Waals surface area contributed by atoms with Gasteiger partial charge >= 0.3 is 0 Å². The quantitative estimate of drug-likeness (QED) is 0.723. The Bertz CT molecular complexity index is 482. The first-order valence-corrected chi connectivity index (χ1v) is 5.94. The van der Waals surface area contributed by atoms with E-state index in [2.05, 4.69) is 6.92 Å². The first-order valence-electron chi connectivity index (χ1n) is 5.94. The fourth-order valence-electron chi connectivity index (χ4n) is 3.27. The lowest BCUT2D eigenvalue weighted by molar-refractivity contribution is -0.0314. The lowest BCUT2D eigenvalue weighted by atomic mass is 9.65. The highest BCUT2D eigenvalue weighted by atomic mass is 16.5. The summed E-state index contributed by atoms with van der Waals surface area (Å²) in [5, 5.41) is 10.1. The molecule has 1 aliphatic carbocycles. The van der Waals surface area contributed by atoms with Crippen molar-refractivity contribution < 1.29 is 9.84 Å². The summed E-state index contributed by atoms with van der Waals surface area (Å²) in [4.78, 5) is 0. The first-order chi connectivity index (χ1) is 7.43. The molecule has 0 amide bonds. The van der Waals surface area contributed by atoms with Crippen molar-refractivity contribution in [3.05, 3.63) is 22.3 Å². The minimum absolute atomic E-state index is 0.0538. The number of hydrogen-bond acceptors (Lipinski definition) is 2. The van der Waals surface area contributed by atoms with Gasteiger partial charge in [-0.1, -0.05) is 0 Å². The molecule has 1 saturated carbocycles. The molecule has 0 saturated heterocycles. The molecule has 0 spiro atoms. The molecule has 2 bridgehead atoms. The number of ether oxygens (including phenoxy) is 1. The second-order valence-corrected chi connectivity index (χ2v) is 5.62. The van der Waals surface area contributed by atoms with E-state index in [0.717, 1.165) is 35.3 Å². The zero-order chi connectivity index (χ0) is 11.7. The predicted octanol–water partition coefficient (Wildman–Crippen LogP) is 3.35.